The van der Waals surface area contributed by atoms with Gasteiger partial charge < -0.3 is 14.0 Å². The average molecular weight is 248 g/mol. The molecule has 0 atom stereocenters. The van der Waals surface area contributed by atoms with Crippen LogP contribution in [0.25, 0.3) is 0 Å². The Balaban J connectivity index is 3.27. The van der Waals surface area contributed by atoms with Crippen molar-refractivity contribution in [2.45, 2.75) is 13.3 Å². The quantitative estimate of drug-likeness (QED) is 0.776. The molecule has 6 nitrogen and oxygen atoms in total. The molecule has 1 aromatic rings. The number of rotatable bonds is 4. The molecule has 0 radical (unpaired) electrons. The predicted octanol–water partition coefficient (Wildman–Crippen LogP) is 1.14. The number of hydrogen-bond acceptors (Lipinski definition) is 5. The van der Waals surface area contributed by atoms with Crippen LogP contribution in [0.2, 0.25) is 0 Å². The normalized spacial score (nSPS) is 11.2. The maximum atomic E-state index is 10.5. The molecule has 0 spiro atoms. The summed E-state index contributed by atoms with van der Waals surface area (Å²) in [7, 11) is -3.40. The molecular formula is C9H12O6S. The van der Waals surface area contributed by atoms with Gasteiger partial charge in [-0.15, -0.1) is 0 Å². The number of phenols is 1. The second-order valence-electron chi connectivity index (χ2n) is 3.01. The molecule has 90 valence electrons. The van der Waals surface area contributed by atoms with E-state index in [-0.39, 0.29) is 5.75 Å². The highest BCUT2D eigenvalue weighted by molar-refractivity contribution is 7.81. The van der Waals surface area contributed by atoms with Gasteiger partial charge in [0, 0.05) is 0 Å². The average Bonchev–Trinajstić information content (AvgIpc) is 2.19. The molecule has 0 saturated heterocycles. The second-order valence-corrected chi connectivity index (χ2v) is 4.03. The van der Waals surface area contributed by atoms with Gasteiger partial charge in [-0.05, 0) is 24.1 Å². The summed E-state index contributed by atoms with van der Waals surface area (Å²) < 4.78 is 38.7. The Morgan fingerprint density at radius 2 is 2.00 bits per heavy atom. The van der Waals surface area contributed by atoms with Gasteiger partial charge in [-0.3, -0.25) is 4.55 Å². The third-order valence-electron chi connectivity index (χ3n) is 1.91. The number of benzene rings is 1. The van der Waals surface area contributed by atoms with Gasteiger partial charge >= 0.3 is 10.4 Å². The topological polar surface area (TPSA) is 93.1 Å². The van der Waals surface area contributed by atoms with Crippen molar-refractivity contribution in [2.24, 2.45) is 0 Å². The molecule has 7 heteroatoms. The fraction of sp³-hybridized carbons (Fsp3) is 0.333. The van der Waals surface area contributed by atoms with Gasteiger partial charge in [0.05, 0.1) is 7.11 Å². The molecule has 0 aromatic heterocycles. The zero-order valence-corrected chi connectivity index (χ0v) is 9.61. The van der Waals surface area contributed by atoms with Gasteiger partial charge in [-0.1, -0.05) is 6.92 Å². The van der Waals surface area contributed by atoms with Crippen LogP contribution in [-0.4, -0.2) is 25.2 Å². The van der Waals surface area contributed by atoms with E-state index in [0.29, 0.717) is 6.42 Å². The van der Waals surface area contributed by atoms with E-state index in [9.17, 15) is 13.5 Å². The van der Waals surface area contributed by atoms with Crippen LogP contribution in [0.1, 0.15) is 12.5 Å². The molecule has 16 heavy (non-hydrogen) atoms. The maximum Gasteiger partial charge on any atom is 0.446 e. The third-order valence-corrected chi connectivity index (χ3v) is 2.29. The summed E-state index contributed by atoms with van der Waals surface area (Å²) in [5.41, 5.74) is 0.747. The number of aromatic hydroxyl groups is 1. The second kappa shape index (κ2) is 4.58. The smallest absolute Gasteiger partial charge is 0.446 e. The van der Waals surface area contributed by atoms with Crippen LogP contribution in [-0.2, 0) is 16.8 Å². The van der Waals surface area contributed by atoms with Crippen molar-refractivity contribution in [1.29, 1.82) is 0 Å². The van der Waals surface area contributed by atoms with E-state index in [1.807, 2.05) is 6.92 Å². The SMILES string of the molecule is CCc1cc(O)c(OS(=O)(=O)O)c(OC)c1. The van der Waals surface area contributed by atoms with Crippen molar-refractivity contribution in [3.8, 4) is 17.2 Å². The number of aryl methyl sites for hydroxylation is 1. The molecule has 0 amide bonds. The number of ether oxygens (including phenoxy) is 1. The van der Waals surface area contributed by atoms with Crippen molar-refractivity contribution < 1.29 is 27.0 Å². The Morgan fingerprint density at radius 1 is 1.38 bits per heavy atom. The van der Waals surface area contributed by atoms with E-state index in [0.717, 1.165) is 5.56 Å². The summed E-state index contributed by atoms with van der Waals surface area (Å²) >= 11 is 0. The molecule has 0 aliphatic heterocycles. The van der Waals surface area contributed by atoms with Crippen molar-refractivity contribution >= 4 is 10.4 Å². The number of hydrogen-bond donors (Lipinski definition) is 2. The van der Waals surface area contributed by atoms with E-state index in [1.54, 1.807) is 0 Å². The zero-order chi connectivity index (χ0) is 12.3. The van der Waals surface area contributed by atoms with E-state index < -0.39 is 21.9 Å². The molecule has 2 N–H and O–H groups in total. The minimum Gasteiger partial charge on any atom is -0.504 e. The fourth-order valence-corrected chi connectivity index (χ4v) is 1.57. The summed E-state index contributed by atoms with van der Waals surface area (Å²) in [5.74, 6) is -0.800. The standard InChI is InChI=1S/C9H12O6S/c1-3-6-4-7(10)9(8(5-6)14-2)15-16(11,12)13/h4-5,10H,3H2,1-2H3,(H,11,12,13). The van der Waals surface area contributed by atoms with Gasteiger partial charge in [-0.25, -0.2) is 0 Å². The summed E-state index contributed by atoms with van der Waals surface area (Å²) in [5, 5.41) is 9.52. The van der Waals surface area contributed by atoms with Crippen molar-refractivity contribution in [2.75, 3.05) is 7.11 Å². The Labute approximate surface area is 93.4 Å². The van der Waals surface area contributed by atoms with E-state index in [1.165, 1.54) is 19.2 Å². The van der Waals surface area contributed by atoms with Gasteiger partial charge in [-0.2, -0.15) is 8.42 Å². The molecule has 0 heterocycles. The first-order valence-corrected chi connectivity index (χ1v) is 5.80. The van der Waals surface area contributed by atoms with Gasteiger partial charge in [0.2, 0.25) is 5.75 Å². The van der Waals surface area contributed by atoms with Crippen LogP contribution in [0, 0.1) is 0 Å². The number of methoxy groups -OCH3 is 1. The summed E-state index contributed by atoms with van der Waals surface area (Å²) in [6.07, 6.45) is 0.635. The number of phenolic OH excluding ortho intramolecular Hbond substituents is 1. The Morgan fingerprint density at radius 3 is 2.44 bits per heavy atom. The van der Waals surface area contributed by atoms with Crippen LogP contribution in [0.4, 0.5) is 0 Å². The lowest BCUT2D eigenvalue weighted by Crippen LogP contribution is -2.08. The first-order valence-electron chi connectivity index (χ1n) is 4.44. The maximum absolute atomic E-state index is 10.5. The zero-order valence-electron chi connectivity index (χ0n) is 8.80. The lowest BCUT2D eigenvalue weighted by Gasteiger charge is -2.11. The van der Waals surface area contributed by atoms with Crippen LogP contribution in [0.15, 0.2) is 12.1 Å². The molecule has 0 unspecified atom stereocenters. The molecule has 0 aliphatic rings. The lowest BCUT2D eigenvalue weighted by molar-refractivity contribution is 0.344. The van der Waals surface area contributed by atoms with Gasteiger partial charge in [0.15, 0.2) is 11.5 Å². The summed E-state index contributed by atoms with van der Waals surface area (Å²) in [6.45, 7) is 1.86. The highest BCUT2D eigenvalue weighted by atomic mass is 32.3. The van der Waals surface area contributed by atoms with Crippen molar-refractivity contribution in [1.82, 2.24) is 0 Å². The molecule has 1 aromatic carbocycles. The first kappa shape index (κ1) is 12.6. The van der Waals surface area contributed by atoms with Crippen molar-refractivity contribution in [3.63, 3.8) is 0 Å². The Hall–Kier alpha value is -1.47. The molecular weight excluding hydrogens is 236 g/mol. The lowest BCUT2D eigenvalue weighted by atomic mass is 10.1. The van der Waals surface area contributed by atoms with Crippen LogP contribution < -0.4 is 8.92 Å². The van der Waals surface area contributed by atoms with E-state index in [2.05, 4.69) is 4.18 Å². The minimum absolute atomic E-state index is 0.0366. The van der Waals surface area contributed by atoms with Crippen LogP contribution in [0.3, 0.4) is 0 Å². The Bertz CT molecular complexity index is 479. The third kappa shape index (κ3) is 3.01. The molecule has 0 saturated carbocycles. The van der Waals surface area contributed by atoms with E-state index in [4.69, 9.17) is 9.29 Å². The predicted molar refractivity (Wildman–Crippen MR) is 56.2 cm³/mol. The fourth-order valence-electron chi connectivity index (χ4n) is 1.19. The highest BCUT2D eigenvalue weighted by Crippen LogP contribution is 2.38. The van der Waals surface area contributed by atoms with Crippen molar-refractivity contribution in [3.05, 3.63) is 17.7 Å². The molecule has 0 bridgehead atoms. The monoisotopic (exact) mass is 248 g/mol. The van der Waals surface area contributed by atoms with E-state index >= 15 is 0 Å². The van der Waals surface area contributed by atoms with Crippen LogP contribution >= 0.6 is 0 Å². The van der Waals surface area contributed by atoms with Gasteiger partial charge in [0.25, 0.3) is 0 Å². The highest BCUT2D eigenvalue weighted by Gasteiger charge is 2.18. The largest absolute Gasteiger partial charge is 0.504 e. The van der Waals surface area contributed by atoms with Crippen LogP contribution in [0.5, 0.6) is 17.2 Å². The molecule has 0 fully saturated rings. The molecule has 1 rings (SSSR count). The minimum atomic E-state index is -4.69. The summed E-state index contributed by atoms with van der Waals surface area (Å²) in [6, 6.07) is 2.85. The van der Waals surface area contributed by atoms with Gasteiger partial charge in [0.1, 0.15) is 0 Å². The Kier molecular flexibility index (Phi) is 3.61. The summed E-state index contributed by atoms with van der Waals surface area (Å²) in [4.78, 5) is 0. The first-order chi connectivity index (χ1) is 7.37. The molecule has 0 aliphatic carbocycles.